The van der Waals surface area contributed by atoms with E-state index in [0.717, 1.165) is 49.8 Å². The molecule has 5 nitrogen and oxygen atoms in total. The summed E-state index contributed by atoms with van der Waals surface area (Å²) in [5.74, 6) is 0.0902. The number of piperidine rings is 1. The molecule has 2 aliphatic heterocycles. The van der Waals surface area contributed by atoms with Crippen LogP contribution in [0.4, 0.5) is 5.13 Å². The summed E-state index contributed by atoms with van der Waals surface area (Å²) in [6, 6.07) is 2.52. The van der Waals surface area contributed by atoms with E-state index in [1.54, 1.807) is 22.7 Å². The fourth-order valence-corrected chi connectivity index (χ4v) is 5.51. The van der Waals surface area contributed by atoms with Crippen LogP contribution in [0.5, 0.6) is 0 Å². The standard InChI is InChI=1S/C19H25N3O2S2/c1-12-11-26-19(20-12)21-14-3-7-22(8-4-14)18(23)13(2)17-15-6-10-25-16(15)5-9-24-17/h6,10-11,13-14,17H,3-5,7-9H2,1-2H3,(H,20,21)/t13-,17+/m1/s1. The van der Waals surface area contributed by atoms with Gasteiger partial charge in [0.15, 0.2) is 5.13 Å². The molecule has 2 aromatic heterocycles. The molecule has 26 heavy (non-hydrogen) atoms. The van der Waals surface area contributed by atoms with Crippen LogP contribution in [0.1, 0.15) is 42.0 Å². The third-order valence-corrected chi connectivity index (χ3v) is 7.20. The first-order valence-corrected chi connectivity index (χ1v) is 11.0. The highest BCUT2D eigenvalue weighted by molar-refractivity contribution is 7.13. The Labute approximate surface area is 162 Å². The SMILES string of the molecule is Cc1csc(NC2CCN(C(=O)[C@H](C)[C@@H]3OCCc4sccc43)CC2)n1. The van der Waals surface area contributed by atoms with Crippen LogP contribution in [-0.2, 0) is 16.0 Å². The van der Waals surface area contributed by atoms with Gasteiger partial charge in [0.1, 0.15) is 0 Å². The van der Waals surface area contributed by atoms with Gasteiger partial charge in [-0.15, -0.1) is 22.7 Å². The number of aromatic nitrogens is 1. The number of anilines is 1. The molecular formula is C19H25N3O2S2. The average molecular weight is 392 g/mol. The van der Waals surface area contributed by atoms with Crippen LogP contribution in [0.25, 0.3) is 0 Å². The van der Waals surface area contributed by atoms with Crippen molar-refractivity contribution in [2.75, 3.05) is 25.0 Å². The molecule has 140 valence electrons. The molecule has 1 saturated heterocycles. The summed E-state index contributed by atoms with van der Waals surface area (Å²) in [6.45, 7) is 6.34. The monoisotopic (exact) mass is 391 g/mol. The van der Waals surface area contributed by atoms with Crippen LogP contribution in [0.2, 0.25) is 0 Å². The number of carbonyl (C=O) groups is 1. The molecule has 4 heterocycles. The summed E-state index contributed by atoms with van der Waals surface area (Å²) in [6.07, 6.45) is 2.81. The van der Waals surface area contributed by atoms with Gasteiger partial charge in [-0.1, -0.05) is 6.92 Å². The van der Waals surface area contributed by atoms with E-state index in [-0.39, 0.29) is 17.9 Å². The molecule has 0 bridgehead atoms. The maximum absolute atomic E-state index is 13.0. The molecule has 1 fully saturated rings. The molecule has 0 radical (unpaired) electrons. The van der Waals surface area contributed by atoms with E-state index in [1.807, 2.05) is 18.7 Å². The zero-order chi connectivity index (χ0) is 18.1. The number of fused-ring (bicyclic) bond motifs is 1. The van der Waals surface area contributed by atoms with Gasteiger partial charge in [0.25, 0.3) is 0 Å². The van der Waals surface area contributed by atoms with Crippen molar-refractivity contribution in [3.05, 3.63) is 33.0 Å². The van der Waals surface area contributed by atoms with Crippen molar-refractivity contribution in [1.82, 2.24) is 9.88 Å². The molecule has 2 aromatic rings. The van der Waals surface area contributed by atoms with Gasteiger partial charge >= 0.3 is 0 Å². The third kappa shape index (κ3) is 3.66. The van der Waals surface area contributed by atoms with Gasteiger partial charge < -0.3 is 15.0 Å². The highest BCUT2D eigenvalue weighted by atomic mass is 32.1. The number of hydrogen-bond acceptors (Lipinski definition) is 6. The van der Waals surface area contributed by atoms with Gasteiger partial charge in [-0.3, -0.25) is 4.79 Å². The molecule has 1 N–H and O–H groups in total. The predicted molar refractivity (Wildman–Crippen MR) is 106 cm³/mol. The normalized spacial score (nSPS) is 22.1. The summed E-state index contributed by atoms with van der Waals surface area (Å²) < 4.78 is 5.98. The number of thiazole rings is 1. The van der Waals surface area contributed by atoms with Gasteiger partial charge in [0.05, 0.1) is 24.3 Å². The molecule has 0 spiro atoms. The van der Waals surface area contributed by atoms with Crippen LogP contribution in [0, 0.1) is 12.8 Å². The van der Waals surface area contributed by atoms with Crippen LogP contribution in [0.3, 0.4) is 0 Å². The number of hydrogen-bond donors (Lipinski definition) is 1. The second-order valence-electron chi connectivity index (χ2n) is 7.17. The Morgan fingerprint density at radius 3 is 2.92 bits per heavy atom. The summed E-state index contributed by atoms with van der Waals surface area (Å²) in [7, 11) is 0. The van der Waals surface area contributed by atoms with Gasteiger partial charge in [0, 0.05) is 35.8 Å². The molecule has 0 aliphatic carbocycles. The number of likely N-dealkylation sites (tertiary alicyclic amines) is 1. The van der Waals surface area contributed by atoms with Gasteiger partial charge in [0.2, 0.25) is 5.91 Å². The van der Waals surface area contributed by atoms with Crippen LogP contribution in [-0.4, -0.2) is 41.5 Å². The van der Waals surface area contributed by atoms with E-state index >= 15 is 0 Å². The summed E-state index contributed by atoms with van der Waals surface area (Å²) in [4.78, 5) is 20.9. The number of amides is 1. The second-order valence-corrected chi connectivity index (χ2v) is 9.03. The fourth-order valence-electron chi connectivity index (χ4n) is 3.85. The topological polar surface area (TPSA) is 54.5 Å². The Bertz CT molecular complexity index is 764. The molecular weight excluding hydrogens is 366 g/mol. The van der Waals surface area contributed by atoms with E-state index in [0.29, 0.717) is 6.04 Å². The van der Waals surface area contributed by atoms with E-state index < -0.39 is 0 Å². The van der Waals surface area contributed by atoms with E-state index in [4.69, 9.17) is 4.74 Å². The Morgan fingerprint density at radius 2 is 2.19 bits per heavy atom. The van der Waals surface area contributed by atoms with Crippen molar-refractivity contribution >= 4 is 33.7 Å². The van der Waals surface area contributed by atoms with Gasteiger partial charge in [-0.25, -0.2) is 4.98 Å². The minimum atomic E-state index is -0.130. The molecule has 0 saturated carbocycles. The minimum absolute atomic E-state index is 0.0911. The summed E-state index contributed by atoms with van der Waals surface area (Å²) in [5, 5.41) is 8.67. The summed E-state index contributed by atoms with van der Waals surface area (Å²) >= 11 is 3.43. The average Bonchev–Trinajstić information content (AvgIpc) is 3.29. The quantitative estimate of drug-likeness (QED) is 0.860. The number of rotatable bonds is 4. The fraction of sp³-hybridized carbons (Fsp3) is 0.579. The Kier molecular flexibility index (Phi) is 5.29. The Morgan fingerprint density at radius 1 is 1.38 bits per heavy atom. The molecule has 0 unspecified atom stereocenters. The Hall–Kier alpha value is -1.44. The number of carbonyl (C=O) groups excluding carboxylic acids is 1. The van der Waals surface area contributed by atoms with E-state index in [9.17, 15) is 4.79 Å². The van der Waals surface area contributed by atoms with Crippen LogP contribution in [0.15, 0.2) is 16.8 Å². The van der Waals surface area contributed by atoms with Crippen molar-refractivity contribution in [3.8, 4) is 0 Å². The molecule has 7 heteroatoms. The van der Waals surface area contributed by atoms with Gasteiger partial charge in [-0.2, -0.15) is 0 Å². The first-order chi connectivity index (χ1) is 12.6. The number of ether oxygens (including phenoxy) is 1. The van der Waals surface area contributed by atoms with Crippen molar-refractivity contribution in [2.24, 2.45) is 5.92 Å². The zero-order valence-corrected chi connectivity index (χ0v) is 16.9. The minimum Gasteiger partial charge on any atom is -0.372 e. The third-order valence-electron chi connectivity index (χ3n) is 5.31. The second kappa shape index (κ2) is 7.66. The summed E-state index contributed by atoms with van der Waals surface area (Å²) in [5.41, 5.74) is 2.28. The largest absolute Gasteiger partial charge is 0.372 e. The van der Waals surface area contributed by atoms with Crippen molar-refractivity contribution in [2.45, 2.75) is 45.3 Å². The zero-order valence-electron chi connectivity index (χ0n) is 15.2. The molecule has 2 atom stereocenters. The molecule has 0 aromatic carbocycles. The maximum Gasteiger partial charge on any atom is 0.228 e. The maximum atomic E-state index is 13.0. The lowest BCUT2D eigenvalue weighted by molar-refractivity contribution is -0.142. The Balaban J connectivity index is 1.34. The van der Waals surface area contributed by atoms with E-state index in [2.05, 4.69) is 27.1 Å². The highest BCUT2D eigenvalue weighted by Crippen LogP contribution is 2.36. The van der Waals surface area contributed by atoms with E-state index in [1.165, 1.54) is 10.4 Å². The molecule has 2 aliphatic rings. The lowest BCUT2D eigenvalue weighted by Gasteiger charge is -2.36. The lowest BCUT2D eigenvalue weighted by Crippen LogP contribution is -2.45. The first-order valence-electron chi connectivity index (χ1n) is 9.27. The number of aryl methyl sites for hydroxylation is 1. The molecule has 4 rings (SSSR count). The van der Waals surface area contributed by atoms with Crippen molar-refractivity contribution < 1.29 is 9.53 Å². The van der Waals surface area contributed by atoms with Gasteiger partial charge in [-0.05, 0) is 36.8 Å². The first kappa shape index (κ1) is 17.9. The van der Waals surface area contributed by atoms with Crippen LogP contribution >= 0.6 is 22.7 Å². The van der Waals surface area contributed by atoms with Crippen molar-refractivity contribution in [1.29, 1.82) is 0 Å². The number of nitrogens with one attached hydrogen (secondary N) is 1. The highest BCUT2D eigenvalue weighted by Gasteiger charge is 2.34. The van der Waals surface area contributed by atoms with Crippen molar-refractivity contribution in [3.63, 3.8) is 0 Å². The van der Waals surface area contributed by atoms with Crippen LogP contribution < -0.4 is 5.32 Å². The number of nitrogens with zero attached hydrogens (tertiary/aromatic N) is 2. The predicted octanol–water partition coefficient (Wildman–Crippen LogP) is 3.87. The number of thiophene rings is 1. The molecule has 1 amide bonds. The smallest absolute Gasteiger partial charge is 0.228 e. The lowest BCUT2D eigenvalue weighted by atomic mass is 9.93.